The highest BCUT2D eigenvalue weighted by Gasteiger charge is 2.26. The summed E-state index contributed by atoms with van der Waals surface area (Å²) >= 11 is 0. The van der Waals surface area contributed by atoms with E-state index >= 15 is 0 Å². The molecular weight excluding hydrogens is 224 g/mol. The van der Waals surface area contributed by atoms with Crippen LogP contribution in [0.5, 0.6) is 0 Å². The fraction of sp³-hybridized carbons (Fsp3) is 0.714. The Balaban J connectivity index is 2.26. The number of hydrogen-bond acceptors (Lipinski definition) is 4. The number of hydrogen-bond donors (Lipinski definition) is 1. The summed E-state index contributed by atoms with van der Waals surface area (Å²) in [5.74, 6) is 3.76. The molecule has 2 rings (SSSR count). The van der Waals surface area contributed by atoms with E-state index in [0.29, 0.717) is 6.04 Å². The van der Waals surface area contributed by atoms with Crippen LogP contribution in [-0.2, 0) is 6.42 Å². The van der Waals surface area contributed by atoms with E-state index in [0.717, 1.165) is 36.3 Å². The fourth-order valence-corrected chi connectivity index (χ4v) is 2.06. The first-order chi connectivity index (χ1) is 8.63. The smallest absolute Gasteiger partial charge is 0.134 e. The van der Waals surface area contributed by atoms with Crippen molar-refractivity contribution in [1.29, 1.82) is 0 Å². The summed E-state index contributed by atoms with van der Waals surface area (Å²) in [6.07, 6.45) is 3.61. The lowest BCUT2D eigenvalue weighted by molar-refractivity contribution is 0.634. The molecule has 1 aromatic rings. The van der Waals surface area contributed by atoms with Gasteiger partial charge in [0.25, 0.3) is 0 Å². The molecule has 0 radical (unpaired) electrons. The standard InChI is InChI=1S/C14H24N4/c1-5-12-16-13(15-4)8-14(17-12)18(10(2)3)9-11-6-7-11/h8,10-11H,5-7,9H2,1-4H3,(H,15,16,17). The summed E-state index contributed by atoms with van der Waals surface area (Å²) < 4.78 is 0. The maximum atomic E-state index is 4.68. The topological polar surface area (TPSA) is 41.1 Å². The van der Waals surface area contributed by atoms with E-state index in [4.69, 9.17) is 0 Å². The summed E-state index contributed by atoms with van der Waals surface area (Å²) in [6, 6.07) is 2.54. The van der Waals surface area contributed by atoms with Gasteiger partial charge in [0.1, 0.15) is 17.5 Å². The van der Waals surface area contributed by atoms with Gasteiger partial charge in [0.05, 0.1) is 0 Å². The Morgan fingerprint density at radius 1 is 1.39 bits per heavy atom. The van der Waals surface area contributed by atoms with Crippen molar-refractivity contribution in [3.63, 3.8) is 0 Å². The van der Waals surface area contributed by atoms with Crippen molar-refractivity contribution in [3.05, 3.63) is 11.9 Å². The van der Waals surface area contributed by atoms with Crippen molar-refractivity contribution >= 4 is 11.6 Å². The maximum Gasteiger partial charge on any atom is 0.134 e. The summed E-state index contributed by atoms with van der Waals surface area (Å²) in [5, 5.41) is 3.13. The average Bonchev–Trinajstić information content (AvgIpc) is 3.18. The lowest BCUT2D eigenvalue weighted by Crippen LogP contribution is -2.33. The predicted molar refractivity (Wildman–Crippen MR) is 76.2 cm³/mol. The van der Waals surface area contributed by atoms with Gasteiger partial charge in [-0.2, -0.15) is 0 Å². The Hall–Kier alpha value is -1.32. The van der Waals surface area contributed by atoms with Crippen molar-refractivity contribution in [2.45, 2.75) is 46.1 Å². The fourth-order valence-electron chi connectivity index (χ4n) is 2.06. The van der Waals surface area contributed by atoms with Crippen LogP contribution in [0.2, 0.25) is 0 Å². The van der Waals surface area contributed by atoms with Gasteiger partial charge < -0.3 is 10.2 Å². The molecule has 0 aliphatic heterocycles. The SMILES string of the molecule is CCc1nc(NC)cc(N(CC2CC2)C(C)C)n1. The third-order valence-electron chi connectivity index (χ3n) is 3.40. The average molecular weight is 248 g/mol. The van der Waals surface area contributed by atoms with Crippen molar-refractivity contribution in [1.82, 2.24) is 9.97 Å². The summed E-state index contributed by atoms with van der Waals surface area (Å²) in [5.41, 5.74) is 0. The molecule has 0 aromatic carbocycles. The van der Waals surface area contributed by atoms with Gasteiger partial charge in [-0.15, -0.1) is 0 Å². The molecule has 18 heavy (non-hydrogen) atoms. The van der Waals surface area contributed by atoms with Crippen LogP contribution < -0.4 is 10.2 Å². The lowest BCUT2D eigenvalue weighted by Gasteiger charge is -2.28. The molecule has 1 aliphatic rings. The van der Waals surface area contributed by atoms with Crippen LogP contribution in [0.15, 0.2) is 6.07 Å². The third-order valence-corrected chi connectivity index (χ3v) is 3.40. The van der Waals surface area contributed by atoms with Crippen LogP contribution in [0, 0.1) is 5.92 Å². The first-order valence-electron chi connectivity index (χ1n) is 6.96. The summed E-state index contributed by atoms with van der Waals surface area (Å²) in [6.45, 7) is 7.68. The van der Waals surface area contributed by atoms with E-state index < -0.39 is 0 Å². The third kappa shape index (κ3) is 3.12. The molecule has 1 aliphatic carbocycles. The van der Waals surface area contributed by atoms with Gasteiger partial charge in [-0.3, -0.25) is 0 Å². The normalized spacial score (nSPS) is 14.9. The van der Waals surface area contributed by atoms with E-state index in [1.807, 2.05) is 7.05 Å². The zero-order valence-corrected chi connectivity index (χ0v) is 11.9. The quantitative estimate of drug-likeness (QED) is 0.840. The molecule has 1 heterocycles. The van der Waals surface area contributed by atoms with Gasteiger partial charge in [-0.25, -0.2) is 9.97 Å². The Morgan fingerprint density at radius 2 is 2.11 bits per heavy atom. The van der Waals surface area contributed by atoms with Crippen LogP contribution in [0.3, 0.4) is 0 Å². The number of anilines is 2. The summed E-state index contributed by atoms with van der Waals surface area (Å²) in [4.78, 5) is 11.5. The van der Waals surface area contributed by atoms with Gasteiger partial charge in [0.15, 0.2) is 0 Å². The van der Waals surface area contributed by atoms with E-state index in [2.05, 4.69) is 47.0 Å². The zero-order chi connectivity index (χ0) is 13.1. The molecule has 1 aromatic heterocycles. The molecule has 0 saturated heterocycles. The van der Waals surface area contributed by atoms with Crippen LogP contribution in [0.4, 0.5) is 11.6 Å². The predicted octanol–water partition coefficient (Wildman–Crippen LogP) is 2.71. The van der Waals surface area contributed by atoms with E-state index in [9.17, 15) is 0 Å². The Bertz CT molecular complexity index is 377. The van der Waals surface area contributed by atoms with Crippen LogP contribution in [0.1, 0.15) is 39.4 Å². The lowest BCUT2D eigenvalue weighted by atomic mass is 10.2. The number of aryl methyl sites for hydroxylation is 1. The van der Waals surface area contributed by atoms with Gasteiger partial charge in [0.2, 0.25) is 0 Å². The maximum absolute atomic E-state index is 4.68. The minimum absolute atomic E-state index is 0.481. The van der Waals surface area contributed by atoms with Crippen LogP contribution >= 0.6 is 0 Å². The monoisotopic (exact) mass is 248 g/mol. The van der Waals surface area contributed by atoms with Crippen molar-refractivity contribution < 1.29 is 0 Å². The molecule has 100 valence electrons. The molecular formula is C14H24N4. The molecule has 4 nitrogen and oxygen atoms in total. The van der Waals surface area contributed by atoms with Gasteiger partial charge in [0, 0.05) is 32.1 Å². The highest BCUT2D eigenvalue weighted by Crippen LogP contribution is 2.32. The van der Waals surface area contributed by atoms with E-state index in [1.165, 1.54) is 12.8 Å². The molecule has 0 atom stereocenters. The molecule has 0 unspecified atom stereocenters. The highest BCUT2D eigenvalue weighted by molar-refractivity contribution is 5.50. The number of nitrogens with one attached hydrogen (secondary N) is 1. The number of rotatable bonds is 6. The molecule has 4 heteroatoms. The van der Waals surface area contributed by atoms with Gasteiger partial charge >= 0.3 is 0 Å². The highest BCUT2D eigenvalue weighted by atomic mass is 15.2. The number of nitrogens with zero attached hydrogens (tertiary/aromatic N) is 3. The van der Waals surface area contributed by atoms with E-state index in [-0.39, 0.29) is 0 Å². The molecule has 1 saturated carbocycles. The van der Waals surface area contributed by atoms with Gasteiger partial charge in [-0.05, 0) is 32.6 Å². The Kier molecular flexibility index (Phi) is 4.04. The minimum Gasteiger partial charge on any atom is -0.373 e. The molecule has 0 amide bonds. The Morgan fingerprint density at radius 3 is 2.61 bits per heavy atom. The van der Waals surface area contributed by atoms with Crippen molar-refractivity contribution in [3.8, 4) is 0 Å². The first kappa shape index (κ1) is 13.1. The van der Waals surface area contributed by atoms with E-state index in [1.54, 1.807) is 0 Å². The minimum atomic E-state index is 0.481. The van der Waals surface area contributed by atoms with Gasteiger partial charge in [-0.1, -0.05) is 6.92 Å². The molecule has 1 N–H and O–H groups in total. The second-order valence-corrected chi connectivity index (χ2v) is 5.32. The second-order valence-electron chi connectivity index (χ2n) is 5.32. The molecule has 0 spiro atoms. The molecule has 0 bridgehead atoms. The Labute approximate surface area is 110 Å². The van der Waals surface area contributed by atoms with Crippen molar-refractivity contribution in [2.24, 2.45) is 5.92 Å². The molecule has 1 fully saturated rings. The zero-order valence-electron chi connectivity index (χ0n) is 11.9. The summed E-state index contributed by atoms with van der Waals surface area (Å²) in [7, 11) is 1.91. The van der Waals surface area contributed by atoms with Crippen LogP contribution in [0.25, 0.3) is 0 Å². The number of aromatic nitrogens is 2. The first-order valence-corrected chi connectivity index (χ1v) is 6.96. The largest absolute Gasteiger partial charge is 0.373 e. The van der Waals surface area contributed by atoms with Crippen LogP contribution in [-0.4, -0.2) is 29.6 Å². The van der Waals surface area contributed by atoms with Crippen molar-refractivity contribution in [2.75, 3.05) is 23.8 Å². The second kappa shape index (κ2) is 5.55.